The number of carbonyl (C=O) groups is 1. The topological polar surface area (TPSA) is 84.8 Å². The first kappa shape index (κ1) is 13.5. The number of sulfonamides is 1. The lowest BCUT2D eigenvalue weighted by Gasteiger charge is -2.00. The van der Waals surface area contributed by atoms with Gasteiger partial charge in [0.05, 0.1) is 24.5 Å². The number of carbonyl (C=O) groups excluding carboxylic acids is 1. The average molecular weight is 282 g/mol. The molecule has 0 bridgehead atoms. The van der Waals surface area contributed by atoms with Crippen molar-refractivity contribution in [2.75, 3.05) is 13.2 Å². The standard InChI is InChI=1S/C12H14N2O4S/c1-2-18-11(15)7-8-13-12-9-5-3-4-6-10(9)19(16,17)14-12/h3-6H,2,7-8H2,1H3,(H,13,14). The number of nitrogens with one attached hydrogen (secondary N) is 1. The van der Waals surface area contributed by atoms with E-state index in [9.17, 15) is 13.2 Å². The minimum Gasteiger partial charge on any atom is -0.466 e. The number of hydrogen-bond acceptors (Lipinski definition) is 5. The SMILES string of the molecule is CCOC(=O)CCN=C1NS(=O)(=O)c2ccccc21. The number of esters is 1. The number of benzene rings is 1. The van der Waals surface area contributed by atoms with Crippen LogP contribution in [0.15, 0.2) is 34.2 Å². The van der Waals surface area contributed by atoms with Crippen LogP contribution in [0.2, 0.25) is 0 Å². The van der Waals surface area contributed by atoms with Crippen molar-refractivity contribution < 1.29 is 17.9 Å². The highest BCUT2D eigenvalue weighted by Gasteiger charge is 2.29. The fraction of sp³-hybridized carbons (Fsp3) is 0.333. The lowest BCUT2D eigenvalue weighted by molar-refractivity contribution is -0.142. The van der Waals surface area contributed by atoms with Crippen LogP contribution in [-0.4, -0.2) is 33.4 Å². The first-order chi connectivity index (χ1) is 9.04. The first-order valence-corrected chi connectivity index (χ1v) is 7.35. The summed E-state index contributed by atoms with van der Waals surface area (Å²) in [5.41, 5.74) is 0.534. The van der Waals surface area contributed by atoms with Gasteiger partial charge in [-0.15, -0.1) is 0 Å². The lowest BCUT2D eigenvalue weighted by atomic mass is 10.2. The summed E-state index contributed by atoms with van der Waals surface area (Å²) in [6.07, 6.45) is 0.126. The molecule has 0 unspecified atom stereocenters. The third-order valence-corrected chi connectivity index (χ3v) is 3.95. The van der Waals surface area contributed by atoms with Gasteiger partial charge in [0, 0.05) is 5.56 Å². The van der Waals surface area contributed by atoms with E-state index in [1.54, 1.807) is 25.1 Å². The second kappa shape index (κ2) is 5.40. The van der Waals surface area contributed by atoms with Crippen LogP contribution in [0.5, 0.6) is 0 Å². The zero-order chi connectivity index (χ0) is 13.9. The van der Waals surface area contributed by atoms with E-state index in [2.05, 4.69) is 9.71 Å². The summed E-state index contributed by atoms with van der Waals surface area (Å²) in [4.78, 5) is 15.5. The fourth-order valence-corrected chi connectivity index (χ4v) is 2.99. The number of aliphatic imine (C=N–C) groups is 1. The summed E-state index contributed by atoms with van der Waals surface area (Å²) >= 11 is 0. The van der Waals surface area contributed by atoms with Crippen LogP contribution in [0.4, 0.5) is 0 Å². The maximum atomic E-state index is 11.8. The van der Waals surface area contributed by atoms with Crippen molar-refractivity contribution in [3.8, 4) is 0 Å². The summed E-state index contributed by atoms with van der Waals surface area (Å²) in [5, 5.41) is 0. The second-order valence-corrected chi connectivity index (χ2v) is 5.54. The van der Waals surface area contributed by atoms with Crippen LogP contribution in [0, 0.1) is 0 Å². The van der Waals surface area contributed by atoms with Crippen LogP contribution in [0.25, 0.3) is 0 Å². The van der Waals surface area contributed by atoms with E-state index in [1.165, 1.54) is 6.07 Å². The van der Waals surface area contributed by atoms with Crippen molar-refractivity contribution in [2.24, 2.45) is 4.99 Å². The van der Waals surface area contributed by atoms with Gasteiger partial charge in [-0.05, 0) is 19.1 Å². The number of hydrogen-bond donors (Lipinski definition) is 1. The van der Waals surface area contributed by atoms with Crippen molar-refractivity contribution in [3.63, 3.8) is 0 Å². The molecule has 0 saturated heterocycles. The summed E-state index contributed by atoms with van der Waals surface area (Å²) in [7, 11) is -3.51. The average Bonchev–Trinajstić information content (AvgIpc) is 2.62. The van der Waals surface area contributed by atoms with Crippen LogP contribution in [0.3, 0.4) is 0 Å². The van der Waals surface area contributed by atoms with E-state index in [1.807, 2.05) is 0 Å². The molecule has 7 heteroatoms. The third kappa shape index (κ3) is 2.93. The molecule has 1 heterocycles. The largest absolute Gasteiger partial charge is 0.466 e. The number of rotatable bonds is 4. The molecule has 0 aliphatic carbocycles. The molecule has 2 rings (SSSR count). The van der Waals surface area contributed by atoms with E-state index < -0.39 is 10.0 Å². The van der Waals surface area contributed by atoms with Crippen molar-refractivity contribution in [1.82, 2.24) is 4.72 Å². The van der Waals surface area contributed by atoms with Gasteiger partial charge in [-0.3, -0.25) is 14.5 Å². The van der Waals surface area contributed by atoms with Gasteiger partial charge in [-0.1, -0.05) is 12.1 Å². The van der Waals surface area contributed by atoms with E-state index in [-0.39, 0.29) is 29.7 Å². The molecule has 0 atom stereocenters. The van der Waals surface area contributed by atoms with E-state index in [4.69, 9.17) is 4.74 Å². The molecule has 1 aliphatic heterocycles. The maximum Gasteiger partial charge on any atom is 0.307 e. The molecule has 102 valence electrons. The van der Waals surface area contributed by atoms with E-state index >= 15 is 0 Å². The highest BCUT2D eigenvalue weighted by Crippen LogP contribution is 2.22. The van der Waals surface area contributed by atoms with Gasteiger partial charge in [-0.25, -0.2) is 8.42 Å². The molecule has 19 heavy (non-hydrogen) atoms. The quantitative estimate of drug-likeness (QED) is 0.823. The third-order valence-electron chi connectivity index (χ3n) is 2.55. The number of nitrogens with zero attached hydrogens (tertiary/aromatic N) is 1. The minimum atomic E-state index is -3.51. The molecule has 1 N–H and O–H groups in total. The number of ether oxygens (including phenoxy) is 1. The molecule has 1 aromatic rings. The Bertz CT molecular complexity index is 622. The van der Waals surface area contributed by atoms with Crippen molar-refractivity contribution in [2.45, 2.75) is 18.2 Å². The Hall–Kier alpha value is -1.89. The van der Waals surface area contributed by atoms with Gasteiger partial charge >= 0.3 is 5.97 Å². The molecule has 6 nitrogen and oxygen atoms in total. The summed E-state index contributed by atoms with van der Waals surface area (Å²) in [5.74, 6) is -0.0686. The molecule has 0 saturated carbocycles. The van der Waals surface area contributed by atoms with Gasteiger partial charge in [0.15, 0.2) is 0 Å². The summed E-state index contributed by atoms with van der Waals surface area (Å²) in [6, 6.07) is 6.59. The fourth-order valence-electron chi connectivity index (χ4n) is 1.74. The molecule has 0 amide bonds. The number of fused-ring (bicyclic) bond motifs is 1. The van der Waals surface area contributed by atoms with Crippen molar-refractivity contribution in [3.05, 3.63) is 29.8 Å². The first-order valence-electron chi connectivity index (χ1n) is 5.87. The Morgan fingerprint density at radius 2 is 2.11 bits per heavy atom. The van der Waals surface area contributed by atoms with Gasteiger partial charge in [0.2, 0.25) is 0 Å². The molecule has 1 aliphatic rings. The summed E-state index contributed by atoms with van der Waals surface area (Å²) < 4.78 is 30.7. The second-order valence-electron chi connectivity index (χ2n) is 3.89. The predicted octanol–water partition coefficient (Wildman–Crippen LogP) is 0.678. The Balaban J connectivity index is 2.13. The molecular weight excluding hydrogens is 268 g/mol. The molecule has 0 aromatic heterocycles. The van der Waals surface area contributed by atoms with Gasteiger partial charge in [0.1, 0.15) is 5.84 Å². The molecule has 0 radical (unpaired) electrons. The predicted molar refractivity (Wildman–Crippen MR) is 69.4 cm³/mol. The number of amidine groups is 1. The highest BCUT2D eigenvalue weighted by molar-refractivity contribution is 7.90. The normalized spacial score (nSPS) is 17.8. The van der Waals surface area contributed by atoms with Crippen LogP contribution in [0.1, 0.15) is 18.9 Å². The van der Waals surface area contributed by atoms with E-state index in [0.717, 1.165) is 0 Å². The van der Waals surface area contributed by atoms with Gasteiger partial charge in [0.25, 0.3) is 10.0 Å². The minimum absolute atomic E-state index is 0.126. The molecule has 1 aromatic carbocycles. The zero-order valence-electron chi connectivity index (χ0n) is 10.4. The van der Waals surface area contributed by atoms with Gasteiger partial charge in [-0.2, -0.15) is 0 Å². The highest BCUT2D eigenvalue weighted by atomic mass is 32.2. The summed E-state index contributed by atoms with van der Waals surface area (Å²) in [6.45, 7) is 2.24. The van der Waals surface area contributed by atoms with Crippen LogP contribution in [-0.2, 0) is 19.6 Å². The monoisotopic (exact) mass is 282 g/mol. The lowest BCUT2D eigenvalue weighted by Crippen LogP contribution is -2.22. The molecular formula is C12H14N2O4S. The Morgan fingerprint density at radius 3 is 2.84 bits per heavy atom. The Kier molecular flexibility index (Phi) is 3.84. The van der Waals surface area contributed by atoms with Crippen LogP contribution < -0.4 is 4.72 Å². The zero-order valence-corrected chi connectivity index (χ0v) is 11.2. The Labute approximate surface area is 111 Å². The Morgan fingerprint density at radius 1 is 1.37 bits per heavy atom. The van der Waals surface area contributed by atoms with Crippen LogP contribution >= 0.6 is 0 Å². The van der Waals surface area contributed by atoms with E-state index in [0.29, 0.717) is 12.2 Å². The maximum absolute atomic E-state index is 11.8. The van der Waals surface area contributed by atoms with Crippen molar-refractivity contribution >= 4 is 21.8 Å². The van der Waals surface area contributed by atoms with Gasteiger partial charge < -0.3 is 4.74 Å². The van der Waals surface area contributed by atoms with Crippen molar-refractivity contribution in [1.29, 1.82) is 0 Å². The molecule has 0 spiro atoms. The molecule has 0 fully saturated rings. The smallest absolute Gasteiger partial charge is 0.307 e.